The summed E-state index contributed by atoms with van der Waals surface area (Å²) in [4.78, 5) is 13.8. The highest BCUT2D eigenvalue weighted by Crippen LogP contribution is 2.28. The van der Waals surface area contributed by atoms with Crippen LogP contribution in [-0.2, 0) is 24.3 Å². The van der Waals surface area contributed by atoms with Crippen LogP contribution in [0.1, 0.15) is 0 Å². The van der Waals surface area contributed by atoms with Crippen LogP contribution < -0.4 is 0 Å². The Balaban J connectivity index is 1.70. The van der Waals surface area contributed by atoms with E-state index in [2.05, 4.69) is 0 Å². The summed E-state index contributed by atoms with van der Waals surface area (Å²) >= 11 is 11.9. The monoisotopic (exact) mass is 406 g/mol. The van der Waals surface area contributed by atoms with Crippen molar-refractivity contribution in [2.24, 2.45) is 0 Å². The molecule has 1 aromatic carbocycles. The van der Waals surface area contributed by atoms with E-state index in [9.17, 15) is 13.2 Å². The summed E-state index contributed by atoms with van der Waals surface area (Å²) < 4.78 is 37.2. The maximum absolute atomic E-state index is 12.8. The number of benzene rings is 1. The van der Waals surface area contributed by atoms with Gasteiger partial charge in [-0.2, -0.15) is 4.31 Å². The zero-order valence-electron chi connectivity index (χ0n) is 13.2. The first-order chi connectivity index (χ1) is 11.9. The van der Waals surface area contributed by atoms with E-state index in [-0.39, 0.29) is 52.8 Å². The molecule has 2 aliphatic heterocycles. The second-order valence-corrected chi connectivity index (χ2v) is 8.22. The second kappa shape index (κ2) is 7.41. The second-order valence-electron chi connectivity index (χ2n) is 5.47. The molecule has 0 saturated carbocycles. The van der Waals surface area contributed by atoms with Crippen molar-refractivity contribution in [3.05, 3.63) is 40.3 Å². The summed E-state index contributed by atoms with van der Waals surface area (Å²) in [7, 11) is -3.78. The summed E-state index contributed by atoms with van der Waals surface area (Å²) in [5, 5.41) is 0.402. The Morgan fingerprint density at radius 2 is 1.80 bits per heavy atom. The van der Waals surface area contributed by atoms with Crippen LogP contribution in [-0.4, -0.2) is 62.9 Å². The van der Waals surface area contributed by atoms with Crippen molar-refractivity contribution in [2.75, 3.05) is 39.4 Å². The van der Waals surface area contributed by atoms with Gasteiger partial charge in [0.15, 0.2) is 0 Å². The van der Waals surface area contributed by atoms with Crippen molar-refractivity contribution in [3.63, 3.8) is 0 Å². The van der Waals surface area contributed by atoms with Crippen molar-refractivity contribution in [1.82, 2.24) is 9.21 Å². The summed E-state index contributed by atoms with van der Waals surface area (Å²) in [6, 6.07) is 4.30. The minimum absolute atomic E-state index is 0.0341. The number of nitrogens with zero attached hydrogens (tertiary/aromatic N) is 2. The molecule has 1 amide bonds. The van der Waals surface area contributed by atoms with E-state index in [1.54, 1.807) is 0 Å². The Morgan fingerprint density at radius 1 is 1.08 bits per heavy atom. The van der Waals surface area contributed by atoms with E-state index in [0.29, 0.717) is 13.2 Å². The van der Waals surface area contributed by atoms with Crippen LogP contribution in [0.4, 0.5) is 0 Å². The first-order valence-corrected chi connectivity index (χ1v) is 9.78. The molecule has 2 aliphatic rings. The summed E-state index contributed by atoms with van der Waals surface area (Å²) in [6.07, 6.45) is 1.29. The Kier molecular flexibility index (Phi) is 5.43. The largest absolute Gasteiger partial charge is 0.494 e. The number of piperazine rings is 1. The molecule has 0 spiro atoms. The minimum atomic E-state index is -3.78. The molecule has 0 bridgehead atoms. The van der Waals surface area contributed by atoms with E-state index >= 15 is 0 Å². The molecule has 3 rings (SSSR count). The van der Waals surface area contributed by atoms with Gasteiger partial charge in [-0.1, -0.05) is 23.2 Å². The van der Waals surface area contributed by atoms with E-state index in [1.165, 1.54) is 33.7 Å². The zero-order valence-corrected chi connectivity index (χ0v) is 15.5. The number of rotatable bonds is 3. The number of ether oxygens (including phenoxy) is 2. The fraction of sp³-hybridized carbons (Fsp3) is 0.400. The predicted molar refractivity (Wildman–Crippen MR) is 91.8 cm³/mol. The molecule has 2 heterocycles. The lowest BCUT2D eigenvalue weighted by atomic mass is 10.3. The van der Waals surface area contributed by atoms with Crippen LogP contribution >= 0.6 is 23.2 Å². The molecule has 0 unspecified atom stereocenters. The molecular formula is C15H16Cl2N2O5S. The van der Waals surface area contributed by atoms with Gasteiger partial charge in [0.25, 0.3) is 5.91 Å². The van der Waals surface area contributed by atoms with E-state index in [4.69, 9.17) is 32.7 Å². The van der Waals surface area contributed by atoms with Crippen molar-refractivity contribution in [3.8, 4) is 0 Å². The lowest BCUT2D eigenvalue weighted by molar-refractivity contribution is -0.133. The molecule has 0 N–H and O–H groups in total. The molecule has 0 aliphatic carbocycles. The average Bonchev–Trinajstić information content (AvgIpc) is 2.64. The van der Waals surface area contributed by atoms with Gasteiger partial charge >= 0.3 is 0 Å². The quantitative estimate of drug-likeness (QED) is 0.763. The number of sulfonamides is 1. The van der Waals surface area contributed by atoms with Crippen LogP contribution in [0.15, 0.2) is 35.1 Å². The van der Waals surface area contributed by atoms with E-state index in [1.807, 2.05) is 0 Å². The van der Waals surface area contributed by atoms with Gasteiger partial charge in [-0.3, -0.25) is 4.79 Å². The van der Waals surface area contributed by atoms with E-state index < -0.39 is 10.0 Å². The lowest BCUT2D eigenvalue weighted by Crippen LogP contribution is -2.51. The van der Waals surface area contributed by atoms with Gasteiger partial charge < -0.3 is 14.4 Å². The molecule has 7 nitrogen and oxygen atoms in total. The van der Waals surface area contributed by atoms with Gasteiger partial charge in [0, 0.05) is 31.2 Å². The maximum atomic E-state index is 12.8. The first kappa shape index (κ1) is 18.3. The van der Waals surface area contributed by atoms with E-state index in [0.717, 1.165) is 0 Å². The third-order valence-electron chi connectivity index (χ3n) is 3.90. The van der Waals surface area contributed by atoms with Crippen LogP contribution in [0, 0.1) is 0 Å². The van der Waals surface area contributed by atoms with Crippen molar-refractivity contribution < 1.29 is 22.7 Å². The number of amides is 1. The average molecular weight is 407 g/mol. The fourth-order valence-electron chi connectivity index (χ4n) is 2.58. The molecule has 1 fully saturated rings. The van der Waals surface area contributed by atoms with Gasteiger partial charge in [0.1, 0.15) is 24.4 Å². The zero-order chi connectivity index (χ0) is 18.0. The number of carbonyl (C=O) groups excluding carboxylic acids is 1. The Morgan fingerprint density at radius 3 is 2.44 bits per heavy atom. The summed E-state index contributed by atoms with van der Waals surface area (Å²) in [5.74, 6) is -0.169. The topological polar surface area (TPSA) is 76.2 Å². The molecule has 136 valence electrons. The van der Waals surface area contributed by atoms with Crippen molar-refractivity contribution in [2.45, 2.75) is 4.90 Å². The van der Waals surface area contributed by atoms with Gasteiger partial charge in [0.05, 0.1) is 5.02 Å². The van der Waals surface area contributed by atoms with Crippen LogP contribution in [0.2, 0.25) is 10.0 Å². The summed E-state index contributed by atoms with van der Waals surface area (Å²) in [5.41, 5.74) is 0. The lowest BCUT2D eigenvalue weighted by Gasteiger charge is -2.34. The Hall–Kier alpha value is -1.48. The Labute approximate surface area is 155 Å². The maximum Gasteiger partial charge on any atom is 0.292 e. The highest BCUT2D eigenvalue weighted by Gasteiger charge is 2.33. The SMILES string of the molecule is O=C(C1=COCCO1)N1CCN(S(=O)(=O)c2cc(Cl)ccc2Cl)CC1. The predicted octanol–water partition coefficient (Wildman–Crippen LogP) is 1.71. The number of carbonyl (C=O) groups is 1. The normalized spacial score (nSPS) is 19.0. The highest BCUT2D eigenvalue weighted by atomic mass is 35.5. The Bertz CT molecular complexity index is 804. The number of hydrogen-bond donors (Lipinski definition) is 0. The molecule has 0 radical (unpaired) electrons. The van der Waals surface area contributed by atoms with Gasteiger partial charge in [0.2, 0.25) is 15.8 Å². The fourth-order valence-corrected chi connectivity index (χ4v) is 4.74. The number of hydrogen-bond acceptors (Lipinski definition) is 5. The molecule has 10 heteroatoms. The standard InChI is InChI=1S/C15H16Cl2N2O5S/c16-11-1-2-12(17)14(9-11)25(21,22)19-5-3-18(4-6-19)15(20)13-10-23-7-8-24-13/h1-2,9-10H,3-8H2. The molecule has 0 aromatic heterocycles. The molecule has 25 heavy (non-hydrogen) atoms. The van der Waals surface area contributed by atoms with Crippen molar-refractivity contribution in [1.29, 1.82) is 0 Å². The third kappa shape index (κ3) is 3.87. The van der Waals surface area contributed by atoms with Crippen LogP contribution in [0.5, 0.6) is 0 Å². The summed E-state index contributed by atoms with van der Waals surface area (Å²) in [6.45, 7) is 1.53. The highest BCUT2D eigenvalue weighted by molar-refractivity contribution is 7.89. The number of halogens is 2. The van der Waals surface area contributed by atoms with Gasteiger partial charge in [-0.05, 0) is 18.2 Å². The van der Waals surface area contributed by atoms with Crippen LogP contribution in [0.3, 0.4) is 0 Å². The first-order valence-electron chi connectivity index (χ1n) is 7.58. The third-order valence-corrected chi connectivity index (χ3v) is 6.51. The van der Waals surface area contributed by atoms with Gasteiger partial charge in [-0.25, -0.2) is 8.42 Å². The molecule has 0 atom stereocenters. The molecule has 1 saturated heterocycles. The van der Waals surface area contributed by atoms with Gasteiger partial charge in [-0.15, -0.1) is 0 Å². The minimum Gasteiger partial charge on any atom is -0.494 e. The van der Waals surface area contributed by atoms with Crippen LogP contribution in [0.25, 0.3) is 0 Å². The smallest absolute Gasteiger partial charge is 0.292 e. The van der Waals surface area contributed by atoms with Crippen molar-refractivity contribution >= 4 is 39.1 Å². The molecular weight excluding hydrogens is 391 g/mol. The molecule has 1 aromatic rings.